The Morgan fingerprint density at radius 2 is 0.375 bits per heavy atom. The molecule has 0 aliphatic carbocycles. The second-order valence-electron chi connectivity index (χ2n) is 23.9. The van der Waals surface area contributed by atoms with Crippen LogP contribution in [0.25, 0.3) is 0 Å². The number of halogens is 6. The molecule has 2 nitrogen and oxygen atoms in total. The van der Waals surface area contributed by atoms with E-state index in [1.54, 1.807) is 43.5 Å². The first kappa shape index (κ1) is 92.8. The fourth-order valence-corrected chi connectivity index (χ4v) is 30.5. The van der Waals surface area contributed by atoms with Gasteiger partial charge in [0.05, 0.1) is 13.7 Å². The monoisotopic (exact) mass is 1760 g/mol. The zero-order chi connectivity index (χ0) is 76.9. The molecule has 14 aromatic carbocycles. The van der Waals surface area contributed by atoms with Crippen LogP contribution >= 0.6 is 55.3 Å². The summed E-state index contributed by atoms with van der Waals surface area (Å²) in [4.78, 5) is 0. The molecule has 0 aliphatic heterocycles. The van der Waals surface area contributed by atoms with Crippen molar-refractivity contribution >= 4 is 119 Å². The van der Waals surface area contributed by atoms with Gasteiger partial charge in [0.2, 0.25) is 0 Å². The van der Waals surface area contributed by atoms with Crippen molar-refractivity contribution in [3.8, 4) is 23.3 Å². The summed E-state index contributed by atoms with van der Waals surface area (Å²) < 4.78 is 69.3. The van der Waals surface area contributed by atoms with Crippen LogP contribution in [0.4, 0.5) is 25.2 Å². The molecule has 112 heavy (non-hydrogen) atoms. The van der Waals surface area contributed by atoms with Gasteiger partial charge in [-0.25, -0.2) is 0 Å². The van der Waals surface area contributed by atoms with Crippen LogP contribution in [0, 0.1) is 24.7 Å². The second-order valence-corrected chi connectivity index (χ2v) is 40.6. The third kappa shape index (κ3) is 33.2. The Bertz CT molecular complexity index is 4060. The first-order valence-electron chi connectivity index (χ1n) is 35.0. The van der Waals surface area contributed by atoms with Crippen LogP contribution in [0.3, 0.4) is 0 Å². The minimum Gasteiger partial charge on any atom is -0.497 e. The minimum atomic E-state index is -10.7. The maximum atomic E-state index is 9.87. The molecule has 0 bridgehead atoms. The van der Waals surface area contributed by atoms with Crippen molar-refractivity contribution in [3.05, 3.63) is 436 Å². The van der Waals surface area contributed by atoms with Gasteiger partial charge in [-0.1, -0.05) is 364 Å². The Hall–Kier alpha value is -8.05. The molecule has 0 spiro atoms. The number of methoxy groups -OCH3 is 1. The van der Waals surface area contributed by atoms with Gasteiger partial charge in [-0.15, -0.1) is 35.4 Å². The van der Waals surface area contributed by atoms with Crippen molar-refractivity contribution in [1.29, 1.82) is 0 Å². The summed E-state index contributed by atoms with van der Waals surface area (Å²) in [5.74, 6) is 9.73. The van der Waals surface area contributed by atoms with Crippen molar-refractivity contribution in [2.75, 3.05) is 31.4 Å². The molecule has 0 aliphatic rings. The molecule has 0 atom stereocenters. The predicted molar refractivity (Wildman–Crippen MR) is 466 cm³/mol. The molecule has 0 unspecified atom stereocenters. The van der Waals surface area contributed by atoms with Crippen molar-refractivity contribution in [2.24, 2.45) is 0 Å². The summed E-state index contributed by atoms with van der Waals surface area (Å²) >= 11 is 0. The van der Waals surface area contributed by atoms with Crippen LogP contribution in [0.1, 0.15) is 18.1 Å². The van der Waals surface area contributed by atoms with Crippen molar-refractivity contribution < 1.29 is 85.9 Å². The Balaban J connectivity index is 0.000000221. The van der Waals surface area contributed by atoms with Crippen LogP contribution < -0.4 is 73.1 Å². The number of ether oxygens (including phenoxy) is 2. The summed E-state index contributed by atoms with van der Waals surface area (Å²) in [7, 11) is -11.5. The van der Waals surface area contributed by atoms with Crippen molar-refractivity contribution in [1.82, 2.24) is 0 Å². The third-order valence-corrected chi connectivity index (χ3v) is 34.1. The first-order chi connectivity index (χ1) is 52.9. The Morgan fingerprint density at radius 3 is 0.491 bits per heavy atom. The number of rotatable bonds is 21. The largest absolute Gasteiger partial charge is 1.00 e. The van der Waals surface area contributed by atoms with Gasteiger partial charge in [0, 0.05) is 17.7 Å². The molecule has 580 valence electrons. The normalized spacial score (nSPS) is 11.0. The first-order valence-corrected chi connectivity index (χ1v) is 46.2. The molecule has 0 fully saturated rings. The van der Waals surface area contributed by atoms with E-state index in [0.29, 0.717) is 6.61 Å². The summed E-state index contributed by atoms with van der Waals surface area (Å²) in [6.07, 6.45) is 13.6. The van der Waals surface area contributed by atoms with Crippen LogP contribution in [-0.4, -0.2) is 31.4 Å². The van der Waals surface area contributed by atoms with Gasteiger partial charge in [0.25, 0.3) is 0 Å². The zero-order valence-electron chi connectivity index (χ0n) is 61.2. The van der Waals surface area contributed by atoms with E-state index in [0.717, 1.165) is 22.6 Å². The topological polar surface area (TPSA) is 18.5 Å². The van der Waals surface area contributed by atoms with Crippen LogP contribution in [-0.2, 0) is 51.2 Å². The number of hydrogen-bond acceptors (Lipinski definition) is 2. The Labute approximate surface area is 697 Å². The van der Waals surface area contributed by atoms with Gasteiger partial charge >= 0.3 is 84.2 Å². The standard InChI is InChI=1S/3C25H22P2.C10H9O.C9H7O.3Cu.F6P/c3*1-5-13-22(14-6-1)26(23-15-7-2-8-16-23)21-27(24-17-9-3-10-18-24)25-19-11-4-12-20-25;1-3-9-5-7-10(8-6-9)11-4-2;1-3-8-4-6-9(10-2)7-5-8;;;;1-7(2,3,4,5)6/h3*1-20H,21H2;5-8H,4H2,2H3;4-7H,2H3;;;;/q;;;2*-1;3*+1;-1. The van der Waals surface area contributed by atoms with Gasteiger partial charge in [0.1, 0.15) is 11.5 Å². The molecule has 14 rings (SSSR count). The predicted octanol–water partition coefficient (Wildman–Crippen LogP) is 22.7. The van der Waals surface area contributed by atoms with E-state index in [4.69, 9.17) is 22.3 Å². The Kier molecular flexibility index (Phi) is 40.0. The van der Waals surface area contributed by atoms with Crippen LogP contribution in [0.5, 0.6) is 11.5 Å². The smallest absolute Gasteiger partial charge is 0.497 e. The molecule has 0 saturated carbocycles. The molecule has 0 heterocycles. The molecule has 14 aromatic rings. The van der Waals surface area contributed by atoms with Crippen molar-refractivity contribution in [2.45, 2.75) is 6.92 Å². The number of hydrogen-bond donors (Lipinski definition) is 0. The molecule has 0 aromatic heterocycles. The Morgan fingerprint density at radius 1 is 0.241 bits per heavy atom. The third-order valence-electron chi connectivity index (χ3n) is 16.2. The molecule has 18 heteroatoms. The molecular weight excluding hydrogens is 1680 g/mol. The minimum absolute atomic E-state index is 0. The molecule has 0 saturated heterocycles. The number of benzene rings is 14. The van der Waals surface area contributed by atoms with E-state index in [2.05, 4.69) is 376 Å². The average Bonchev–Trinajstić information content (AvgIpc) is 0.792. The average molecular weight is 1770 g/mol. The molecule has 0 amide bonds. The van der Waals surface area contributed by atoms with E-state index in [-0.39, 0.29) is 51.2 Å². The maximum absolute atomic E-state index is 10.7. The van der Waals surface area contributed by atoms with Crippen LogP contribution in [0.15, 0.2) is 413 Å². The maximum Gasteiger partial charge on any atom is 1.00 e. The summed E-state index contributed by atoms with van der Waals surface area (Å²) in [5, 5.41) is 17.5. The van der Waals surface area contributed by atoms with Gasteiger partial charge in [-0.2, -0.15) is 0 Å². The van der Waals surface area contributed by atoms with E-state index < -0.39 is 55.3 Å². The quantitative estimate of drug-likeness (QED) is 0.0235. The van der Waals surface area contributed by atoms with E-state index in [1.807, 2.05) is 19.1 Å². The van der Waals surface area contributed by atoms with Gasteiger partial charge in [-0.3, -0.25) is 11.8 Å². The molecule has 0 radical (unpaired) electrons. The second kappa shape index (κ2) is 48.2. The van der Waals surface area contributed by atoms with Gasteiger partial charge < -0.3 is 22.3 Å². The summed E-state index contributed by atoms with van der Waals surface area (Å²) in [6.45, 7) is 2.62. The van der Waals surface area contributed by atoms with E-state index >= 15 is 0 Å². The zero-order valence-corrected chi connectivity index (χ0v) is 70.3. The summed E-state index contributed by atoms with van der Waals surface area (Å²) in [6, 6.07) is 147. The SMILES string of the molecule is F[P-](F)(F)(F)(F)F.[C-]#Cc1ccc(OC)cc1.[C-]#Cc1ccc(OCC)cc1.[Cu+].[Cu+].[Cu+].c1ccc(P(CP(c2ccccc2)c2ccccc2)c2ccccc2)cc1.c1ccc(P(CP(c2ccccc2)c2ccccc2)c2ccccc2)cc1.c1ccc(P(CP(c2ccccc2)c2ccccc2)c2ccccc2)cc1. The van der Waals surface area contributed by atoms with E-state index in [1.165, 1.54) is 81.4 Å². The fourth-order valence-electron chi connectivity index (χ4n) is 11.1. The van der Waals surface area contributed by atoms with Gasteiger partial charge in [-0.05, 0) is 142 Å². The summed E-state index contributed by atoms with van der Waals surface area (Å²) in [5.41, 5.74) is 1.54. The fraction of sp³-hybridized carbons (Fsp3) is 0.0638. The van der Waals surface area contributed by atoms with Crippen molar-refractivity contribution in [3.63, 3.8) is 0 Å². The van der Waals surface area contributed by atoms with Crippen LogP contribution in [0.2, 0.25) is 0 Å². The molecular formula is C94H82Cu3F6O2P7. The molecule has 0 N–H and O–H groups in total. The van der Waals surface area contributed by atoms with E-state index in [9.17, 15) is 25.2 Å². The van der Waals surface area contributed by atoms with Gasteiger partial charge in [0.15, 0.2) is 0 Å².